The molecule has 2 aromatic carbocycles. The van der Waals surface area contributed by atoms with Gasteiger partial charge in [-0.3, -0.25) is 0 Å². The molecule has 0 N–H and O–H groups in total. The zero-order chi connectivity index (χ0) is 20.6. The second-order valence-electron chi connectivity index (χ2n) is 9.21. The molecular formula is C26H32Cl2OSiZr. The first-order chi connectivity index (χ1) is 13.9. The molecule has 164 valence electrons. The van der Waals surface area contributed by atoms with E-state index < -0.39 is 29.6 Å². The van der Waals surface area contributed by atoms with Crippen LogP contribution in [0.25, 0.3) is 11.1 Å². The van der Waals surface area contributed by atoms with Crippen molar-refractivity contribution in [1.82, 2.24) is 0 Å². The molecule has 4 rings (SSSR count). The van der Waals surface area contributed by atoms with Crippen LogP contribution in [0.2, 0.25) is 19.6 Å². The molecule has 0 fully saturated rings. The molecule has 1 unspecified atom stereocenters. The minimum Gasteiger partial charge on any atom is -1.00 e. The maximum atomic E-state index is 6.38. The van der Waals surface area contributed by atoms with E-state index in [4.69, 9.17) is 4.43 Å². The molecule has 0 aliphatic heterocycles. The summed E-state index contributed by atoms with van der Waals surface area (Å²) in [5.41, 5.74) is 7.61. The van der Waals surface area contributed by atoms with Gasteiger partial charge in [-0.25, -0.2) is 0 Å². The van der Waals surface area contributed by atoms with Gasteiger partial charge in [0.1, 0.15) is 0 Å². The molecule has 2 aliphatic rings. The number of halogens is 2. The third kappa shape index (κ3) is 5.68. The van der Waals surface area contributed by atoms with Gasteiger partial charge in [-0.1, -0.05) is 0 Å². The van der Waals surface area contributed by atoms with Crippen LogP contribution in [0.15, 0.2) is 69.5 Å². The van der Waals surface area contributed by atoms with Crippen molar-refractivity contribution in [3.8, 4) is 11.1 Å². The smallest absolute Gasteiger partial charge is 1.00 e. The average Bonchev–Trinajstić information content (AvgIpc) is 3.25. The molecule has 5 heteroatoms. The molecule has 0 saturated carbocycles. The number of fused-ring (bicyclic) bond motifs is 3. The van der Waals surface area contributed by atoms with Gasteiger partial charge >= 0.3 is 186 Å². The van der Waals surface area contributed by atoms with Gasteiger partial charge in [-0.15, -0.1) is 0 Å². The van der Waals surface area contributed by atoms with E-state index >= 15 is 0 Å². The topological polar surface area (TPSA) is 9.23 Å². The summed E-state index contributed by atoms with van der Waals surface area (Å²) in [4.78, 5) is 0. The van der Waals surface area contributed by atoms with Crippen molar-refractivity contribution in [2.75, 3.05) is 0 Å². The van der Waals surface area contributed by atoms with E-state index in [1.54, 1.807) is 20.0 Å². The molecule has 2 aliphatic carbocycles. The van der Waals surface area contributed by atoms with Gasteiger partial charge in [0.2, 0.25) is 0 Å². The van der Waals surface area contributed by atoms with Gasteiger partial charge < -0.3 is 24.8 Å². The zero-order valence-electron chi connectivity index (χ0n) is 19.1. The maximum Gasteiger partial charge on any atom is -1.00 e. The summed E-state index contributed by atoms with van der Waals surface area (Å²) in [5.74, 6) is 0. The Morgan fingerprint density at radius 3 is 2.06 bits per heavy atom. The summed E-state index contributed by atoms with van der Waals surface area (Å²) in [6.07, 6.45) is 7.30. The molecule has 31 heavy (non-hydrogen) atoms. The fourth-order valence-electron chi connectivity index (χ4n) is 5.01. The van der Waals surface area contributed by atoms with Crippen molar-refractivity contribution in [2.24, 2.45) is 0 Å². The van der Waals surface area contributed by atoms with Crippen molar-refractivity contribution in [1.29, 1.82) is 0 Å². The Kier molecular flexibility index (Phi) is 9.50. The van der Waals surface area contributed by atoms with Gasteiger partial charge in [0.25, 0.3) is 0 Å². The van der Waals surface area contributed by atoms with Gasteiger partial charge in [0.15, 0.2) is 0 Å². The standard InChI is InChI=1S/C13H9.C11H19OSi.C2H4.2ClH.Zr/c1-3-7-12-10(5-1)9-11-6-2-4-8-13(11)12;1-10(12-13(2,3)4)9-11-7-5-6-8-11;1-2;;;/h1-9H;5,7,10H,6,9H2,1-4H3;1H,2H3;2*1H;/q;;;;;+2/p-2. The van der Waals surface area contributed by atoms with Crippen LogP contribution in [0.4, 0.5) is 0 Å². The van der Waals surface area contributed by atoms with Crippen LogP contribution in [-0.4, -0.2) is 18.1 Å². The first-order valence-electron chi connectivity index (χ1n) is 10.8. The minimum absolute atomic E-state index is 0. The molecular weight excluding hydrogens is 519 g/mol. The fraction of sp³-hybridized carbons (Fsp3) is 0.346. The van der Waals surface area contributed by atoms with Crippen molar-refractivity contribution < 1.29 is 50.5 Å². The first-order valence-corrected chi connectivity index (χ1v) is 18.3. The summed E-state index contributed by atoms with van der Waals surface area (Å²) in [6, 6.07) is 18.2. The first kappa shape index (κ1) is 26.7. The third-order valence-electron chi connectivity index (χ3n) is 5.89. The third-order valence-corrected chi connectivity index (χ3v) is 14.6. The monoisotopic (exact) mass is 548 g/mol. The van der Waals surface area contributed by atoms with Crippen LogP contribution < -0.4 is 24.8 Å². The number of rotatable bonds is 6. The second-order valence-corrected chi connectivity index (χ2v) is 20.2. The van der Waals surface area contributed by atoms with E-state index in [0.29, 0.717) is 9.73 Å². The number of hydrogen-bond acceptors (Lipinski definition) is 1. The Morgan fingerprint density at radius 2 is 1.55 bits per heavy atom. The van der Waals surface area contributed by atoms with Gasteiger partial charge in [-0.05, 0) is 0 Å². The normalized spacial score (nSPS) is 15.9. The van der Waals surface area contributed by atoms with Crippen molar-refractivity contribution >= 4 is 12.0 Å². The summed E-state index contributed by atoms with van der Waals surface area (Å²) >= 11 is -2.04. The molecule has 0 radical (unpaired) electrons. The van der Waals surface area contributed by atoms with Crippen LogP contribution >= 0.6 is 0 Å². The molecule has 2 aromatic rings. The Morgan fingerprint density at radius 1 is 1.00 bits per heavy atom. The molecule has 0 aromatic heterocycles. The van der Waals surface area contributed by atoms with Crippen LogP contribution in [0, 0.1) is 0 Å². The molecule has 0 bridgehead atoms. The van der Waals surface area contributed by atoms with E-state index in [9.17, 15) is 0 Å². The van der Waals surface area contributed by atoms with E-state index in [1.165, 1.54) is 11.1 Å². The Labute approximate surface area is 209 Å². The quantitative estimate of drug-likeness (QED) is 0.489. The van der Waals surface area contributed by atoms with Gasteiger partial charge in [0, 0.05) is 0 Å². The average molecular weight is 551 g/mol. The predicted octanol–water partition coefficient (Wildman–Crippen LogP) is 1.05. The molecule has 0 heterocycles. The van der Waals surface area contributed by atoms with E-state index in [-0.39, 0.29) is 24.8 Å². The summed E-state index contributed by atoms with van der Waals surface area (Å²) in [7, 11) is -1.51. The Hall–Kier alpha value is -0.570. The second kappa shape index (κ2) is 11.0. The summed E-state index contributed by atoms with van der Waals surface area (Å²) < 4.78 is 11.4. The van der Waals surface area contributed by atoms with Crippen LogP contribution in [0.5, 0.6) is 0 Å². The zero-order valence-corrected chi connectivity index (χ0v) is 24.1. The number of benzene rings is 2. The van der Waals surface area contributed by atoms with Crippen LogP contribution in [0.1, 0.15) is 41.4 Å². The van der Waals surface area contributed by atoms with Gasteiger partial charge in [0.05, 0.1) is 0 Å². The molecule has 0 amide bonds. The summed E-state index contributed by atoms with van der Waals surface area (Å²) in [5, 5.41) is 0. The van der Waals surface area contributed by atoms with E-state index in [1.807, 2.05) is 0 Å². The van der Waals surface area contributed by atoms with Gasteiger partial charge in [-0.2, -0.15) is 0 Å². The maximum absolute atomic E-state index is 6.38. The largest absolute Gasteiger partial charge is 1.00 e. The van der Waals surface area contributed by atoms with Crippen LogP contribution in [-0.2, 0) is 25.7 Å². The Balaban J connectivity index is 0.00000171. The predicted molar refractivity (Wildman–Crippen MR) is 125 cm³/mol. The number of hydrogen-bond donors (Lipinski definition) is 0. The van der Waals surface area contributed by atoms with Crippen LogP contribution in [0.3, 0.4) is 0 Å². The van der Waals surface area contributed by atoms with Crippen molar-refractivity contribution in [2.45, 2.75) is 56.1 Å². The minimum atomic E-state index is -2.04. The summed E-state index contributed by atoms with van der Waals surface area (Å²) in [6.45, 7) is 11.4. The van der Waals surface area contributed by atoms with Crippen molar-refractivity contribution in [3.05, 3.63) is 80.7 Å². The molecule has 0 spiro atoms. The molecule has 1 atom stereocenters. The Bertz CT molecular complexity index is 975. The van der Waals surface area contributed by atoms with Crippen molar-refractivity contribution in [3.63, 3.8) is 0 Å². The SMILES string of the molecule is C[CH]=[Zr+2]([C]1=C(CC(C)O[Si](C)(C)C)C=CC1)[CH]1c2ccccc2-c2ccccc21.[Cl-].[Cl-]. The van der Waals surface area contributed by atoms with E-state index in [2.05, 4.69) is 97.9 Å². The number of allylic oxidation sites excluding steroid dienone is 3. The fourth-order valence-corrected chi connectivity index (χ4v) is 13.9. The van der Waals surface area contributed by atoms with E-state index in [0.717, 1.165) is 12.8 Å². The molecule has 1 nitrogen and oxygen atoms in total. The molecule has 0 saturated heterocycles.